The van der Waals surface area contributed by atoms with Gasteiger partial charge in [0.15, 0.2) is 5.78 Å². The predicted molar refractivity (Wildman–Crippen MR) is 120 cm³/mol. The third kappa shape index (κ3) is 5.14. The van der Waals surface area contributed by atoms with Gasteiger partial charge in [-0.3, -0.25) is 19.3 Å². The van der Waals surface area contributed by atoms with E-state index >= 15 is 4.39 Å². The van der Waals surface area contributed by atoms with Gasteiger partial charge >= 0.3 is 0 Å². The smallest absolute Gasteiger partial charge is 0.231 e. The van der Waals surface area contributed by atoms with E-state index in [0.717, 1.165) is 11.6 Å². The number of aromatic nitrogens is 3. The number of nitrogens with one attached hydrogen (secondary N) is 1. The molecule has 0 radical (unpaired) electrons. The summed E-state index contributed by atoms with van der Waals surface area (Å²) in [5.74, 6) is -2.72. The molecule has 4 rings (SSSR count). The molecule has 33 heavy (non-hydrogen) atoms. The SMILES string of the molecule is O=C(c1ccc2ncc(-c3cccnc3)nc2c1)c1c(F)ccc(CCCNS(=O)O)c1F. The van der Waals surface area contributed by atoms with E-state index in [-0.39, 0.29) is 24.1 Å². The first-order chi connectivity index (χ1) is 15.9. The number of hydrogen-bond acceptors (Lipinski definition) is 5. The van der Waals surface area contributed by atoms with Crippen molar-refractivity contribution in [3.8, 4) is 11.3 Å². The van der Waals surface area contributed by atoms with Crippen molar-refractivity contribution in [1.29, 1.82) is 0 Å². The van der Waals surface area contributed by atoms with E-state index in [1.807, 2.05) is 6.07 Å². The topological polar surface area (TPSA) is 105 Å². The molecule has 1 unspecified atom stereocenters. The highest BCUT2D eigenvalue weighted by Crippen LogP contribution is 2.24. The first-order valence-electron chi connectivity index (χ1n) is 9.97. The molecule has 168 valence electrons. The Labute approximate surface area is 190 Å². The molecular formula is C23H18F2N4O3S. The maximum Gasteiger partial charge on any atom is 0.231 e. The van der Waals surface area contributed by atoms with Crippen LogP contribution in [0.1, 0.15) is 27.9 Å². The van der Waals surface area contributed by atoms with Gasteiger partial charge in [-0.1, -0.05) is 6.07 Å². The van der Waals surface area contributed by atoms with E-state index in [1.165, 1.54) is 18.2 Å². The molecule has 0 bridgehead atoms. The number of rotatable bonds is 8. The van der Waals surface area contributed by atoms with Gasteiger partial charge in [-0.2, -0.15) is 0 Å². The number of ketones is 1. The second kappa shape index (κ2) is 9.99. The van der Waals surface area contributed by atoms with E-state index in [2.05, 4.69) is 19.7 Å². The molecule has 0 spiro atoms. The van der Waals surface area contributed by atoms with Gasteiger partial charge in [0.2, 0.25) is 11.3 Å². The van der Waals surface area contributed by atoms with E-state index in [0.29, 0.717) is 23.1 Å². The Morgan fingerprint density at radius 1 is 1.09 bits per heavy atom. The lowest BCUT2D eigenvalue weighted by molar-refractivity contribution is 0.103. The number of nitrogens with zero attached hydrogens (tertiary/aromatic N) is 3. The lowest BCUT2D eigenvalue weighted by atomic mass is 9.97. The summed E-state index contributed by atoms with van der Waals surface area (Å²) >= 11 is -2.17. The average Bonchev–Trinajstić information content (AvgIpc) is 2.82. The summed E-state index contributed by atoms with van der Waals surface area (Å²) in [6, 6.07) is 10.4. The molecule has 0 aliphatic rings. The molecule has 2 aromatic carbocycles. The number of benzene rings is 2. The van der Waals surface area contributed by atoms with Crippen LogP contribution in [0.15, 0.2) is 61.1 Å². The maximum atomic E-state index is 15.0. The van der Waals surface area contributed by atoms with Crippen molar-refractivity contribution in [2.45, 2.75) is 12.8 Å². The summed E-state index contributed by atoms with van der Waals surface area (Å²) in [7, 11) is 0. The molecule has 2 heterocycles. The van der Waals surface area contributed by atoms with E-state index in [9.17, 15) is 13.4 Å². The monoisotopic (exact) mass is 468 g/mol. The molecule has 0 aliphatic heterocycles. The minimum absolute atomic E-state index is 0.0763. The van der Waals surface area contributed by atoms with Crippen molar-refractivity contribution in [2.75, 3.05) is 6.54 Å². The van der Waals surface area contributed by atoms with Crippen molar-refractivity contribution in [3.05, 3.63) is 89.4 Å². The molecule has 0 aliphatic carbocycles. The van der Waals surface area contributed by atoms with Crippen LogP contribution >= 0.6 is 0 Å². The lowest BCUT2D eigenvalue weighted by Crippen LogP contribution is -2.18. The summed E-state index contributed by atoms with van der Waals surface area (Å²) in [5.41, 5.74) is 1.80. The number of halogens is 2. The van der Waals surface area contributed by atoms with Gasteiger partial charge in [0.05, 0.1) is 28.5 Å². The maximum absolute atomic E-state index is 15.0. The summed E-state index contributed by atoms with van der Waals surface area (Å²) in [6.45, 7) is 0.159. The van der Waals surface area contributed by atoms with E-state index in [4.69, 9.17) is 4.55 Å². The predicted octanol–water partition coefficient (Wildman–Crippen LogP) is 3.86. The van der Waals surface area contributed by atoms with Crippen molar-refractivity contribution in [2.24, 2.45) is 0 Å². The molecule has 10 heteroatoms. The largest absolute Gasteiger partial charge is 0.294 e. The van der Waals surface area contributed by atoms with Gasteiger partial charge in [0.25, 0.3) is 0 Å². The van der Waals surface area contributed by atoms with E-state index in [1.54, 1.807) is 30.7 Å². The molecule has 0 amide bonds. The molecule has 0 saturated carbocycles. The molecule has 2 N–H and O–H groups in total. The van der Waals surface area contributed by atoms with Gasteiger partial charge in [-0.15, -0.1) is 0 Å². The van der Waals surface area contributed by atoms with Crippen LogP contribution in [0.3, 0.4) is 0 Å². The second-order valence-corrected chi connectivity index (χ2v) is 7.96. The van der Waals surface area contributed by atoms with Crippen LogP contribution in [0.4, 0.5) is 8.78 Å². The highest BCUT2D eigenvalue weighted by atomic mass is 32.2. The standard InChI is InChI=1S/C23H18F2N4O3S/c24-17-7-5-14(3-2-10-28-33(31)32)22(25)21(17)23(30)15-6-8-18-19(11-15)29-20(13-27-18)16-4-1-9-26-12-16/h1,4-9,11-13,28H,2-3,10H2,(H,31,32). The first kappa shape index (κ1) is 22.7. The number of hydrogen-bond donors (Lipinski definition) is 2. The minimum Gasteiger partial charge on any atom is -0.294 e. The first-order valence-corrected chi connectivity index (χ1v) is 11.1. The summed E-state index contributed by atoms with van der Waals surface area (Å²) in [6.07, 6.45) is 5.34. The van der Waals surface area contributed by atoms with Crippen LogP contribution in [-0.2, 0) is 17.7 Å². The van der Waals surface area contributed by atoms with Crippen LogP contribution in [0.5, 0.6) is 0 Å². The molecule has 2 aromatic heterocycles. The Morgan fingerprint density at radius 3 is 2.70 bits per heavy atom. The number of aryl methyl sites for hydroxylation is 1. The van der Waals surface area contributed by atoms with Gasteiger partial charge in [-0.25, -0.2) is 22.7 Å². The fourth-order valence-corrected chi connectivity index (χ4v) is 3.70. The quantitative estimate of drug-likeness (QED) is 0.231. The number of fused-ring (bicyclic) bond motifs is 1. The molecule has 4 aromatic rings. The zero-order valence-corrected chi connectivity index (χ0v) is 18.0. The van der Waals surface area contributed by atoms with Crippen LogP contribution in [0.2, 0.25) is 0 Å². The Morgan fingerprint density at radius 2 is 1.94 bits per heavy atom. The van der Waals surface area contributed by atoms with Gasteiger partial charge in [0.1, 0.15) is 11.6 Å². The average molecular weight is 468 g/mol. The number of pyridine rings is 1. The fraction of sp³-hybridized carbons (Fsp3) is 0.130. The Kier molecular flexibility index (Phi) is 6.87. The summed E-state index contributed by atoms with van der Waals surface area (Å²) in [5, 5.41) is 0. The van der Waals surface area contributed by atoms with Gasteiger partial charge < -0.3 is 0 Å². The van der Waals surface area contributed by atoms with Crippen LogP contribution in [0, 0.1) is 11.6 Å². The summed E-state index contributed by atoms with van der Waals surface area (Å²) in [4.78, 5) is 25.9. The molecule has 0 fully saturated rings. The number of carbonyl (C=O) groups is 1. The van der Waals surface area contributed by atoms with Crippen LogP contribution in [0.25, 0.3) is 22.3 Å². The van der Waals surface area contributed by atoms with Crippen LogP contribution in [-0.4, -0.2) is 36.0 Å². The van der Waals surface area contributed by atoms with Crippen molar-refractivity contribution in [3.63, 3.8) is 0 Å². The highest BCUT2D eigenvalue weighted by Gasteiger charge is 2.22. The van der Waals surface area contributed by atoms with Crippen LogP contribution < -0.4 is 4.72 Å². The normalized spacial score (nSPS) is 12.1. The minimum atomic E-state index is -2.17. The van der Waals surface area contributed by atoms with Crippen molar-refractivity contribution in [1.82, 2.24) is 19.7 Å². The fourth-order valence-electron chi connectivity index (χ4n) is 3.39. The van der Waals surface area contributed by atoms with E-state index < -0.39 is 34.2 Å². The zero-order valence-electron chi connectivity index (χ0n) is 17.2. The van der Waals surface area contributed by atoms with Crippen molar-refractivity contribution >= 4 is 28.1 Å². The highest BCUT2D eigenvalue weighted by molar-refractivity contribution is 7.77. The Bertz CT molecular complexity index is 1350. The number of carbonyl (C=O) groups excluding carboxylic acids is 1. The van der Waals surface area contributed by atoms with Gasteiger partial charge in [0, 0.05) is 30.1 Å². The second-order valence-electron chi connectivity index (χ2n) is 7.17. The van der Waals surface area contributed by atoms with Gasteiger partial charge in [-0.05, 0) is 54.8 Å². The Hall–Kier alpha value is -3.47. The molecule has 7 nitrogen and oxygen atoms in total. The third-order valence-corrected chi connectivity index (χ3v) is 5.46. The lowest BCUT2D eigenvalue weighted by Gasteiger charge is -2.10. The third-order valence-electron chi connectivity index (χ3n) is 5.01. The molecule has 1 atom stereocenters. The Balaban J connectivity index is 1.65. The summed E-state index contributed by atoms with van der Waals surface area (Å²) < 4.78 is 51.2. The van der Waals surface area contributed by atoms with Crippen molar-refractivity contribution < 1.29 is 22.3 Å². The molecular weight excluding hydrogens is 450 g/mol. The molecule has 0 saturated heterocycles. The zero-order chi connectivity index (χ0) is 23.4.